The summed E-state index contributed by atoms with van der Waals surface area (Å²) < 4.78 is 1.81. The molecule has 23 heavy (non-hydrogen) atoms. The van der Waals surface area contributed by atoms with Gasteiger partial charge in [-0.3, -0.25) is 4.68 Å². The van der Waals surface area contributed by atoms with E-state index in [1.54, 1.807) is 0 Å². The SMILES string of the molecule is CC(c1ccccc1)c1c[nH]c2ncc(-c3cnn(C)c3)cc12. The second-order valence-corrected chi connectivity index (χ2v) is 5.90. The molecule has 1 atom stereocenters. The highest BCUT2D eigenvalue weighted by molar-refractivity contribution is 5.85. The number of aryl methyl sites for hydroxylation is 1. The van der Waals surface area contributed by atoms with Crippen molar-refractivity contribution < 1.29 is 0 Å². The Morgan fingerprint density at radius 3 is 2.65 bits per heavy atom. The summed E-state index contributed by atoms with van der Waals surface area (Å²) in [6.07, 6.45) is 7.85. The Kier molecular flexibility index (Phi) is 3.23. The van der Waals surface area contributed by atoms with E-state index in [1.165, 1.54) is 16.5 Å². The van der Waals surface area contributed by atoms with Gasteiger partial charge in [-0.15, -0.1) is 0 Å². The minimum Gasteiger partial charge on any atom is -0.346 e. The lowest BCUT2D eigenvalue weighted by Gasteiger charge is -2.11. The summed E-state index contributed by atoms with van der Waals surface area (Å²) >= 11 is 0. The molecule has 0 saturated heterocycles. The van der Waals surface area contributed by atoms with E-state index in [4.69, 9.17) is 0 Å². The molecule has 1 aromatic carbocycles. The molecule has 0 spiro atoms. The van der Waals surface area contributed by atoms with Crippen molar-refractivity contribution in [3.05, 3.63) is 72.3 Å². The smallest absolute Gasteiger partial charge is 0.137 e. The minimum absolute atomic E-state index is 0.316. The molecule has 0 fully saturated rings. The van der Waals surface area contributed by atoms with Crippen molar-refractivity contribution in [2.24, 2.45) is 7.05 Å². The first kappa shape index (κ1) is 13.8. The van der Waals surface area contributed by atoms with Gasteiger partial charge in [0.15, 0.2) is 0 Å². The monoisotopic (exact) mass is 302 g/mol. The molecule has 0 bridgehead atoms. The summed E-state index contributed by atoms with van der Waals surface area (Å²) in [5.74, 6) is 0.316. The second-order valence-electron chi connectivity index (χ2n) is 5.90. The summed E-state index contributed by atoms with van der Waals surface area (Å²) in [6, 6.07) is 12.8. The van der Waals surface area contributed by atoms with Crippen LogP contribution in [0.4, 0.5) is 0 Å². The lowest BCUT2D eigenvalue weighted by Crippen LogP contribution is -1.94. The van der Waals surface area contributed by atoms with Crippen molar-refractivity contribution >= 4 is 11.0 Å². The molecule has 0 aliphatic rings. The number of pyridine rings is 1. The quantitative estimate of drug-likeness (QED) is 0.619. The van der Waals surface area contributed by atoms with Crippen LogP contribution in [0.15, 0.2) is 61.2 Å². The molecule has 3 heterocycles. The Morgan fingerprint density at radius 1 is 1.09 bits per heavy atom. The molecule has 114 valence electrons. The average Bonchev–Trinajstić information content (AvgIpc) is 3.20. The maximum Gasteiger partial charge on any atom is 0.137 e. The summed E-state index contributed by atoms with van der Waals surface area (Å²) in [5, 5.41) is 5.42. The fraction of sp³-hybridized carbons (Fsp3) is 0.158. The number of aromatic amines is 1. The van der Waals surface area contributed by atoms with Gasteiger partial charge < -0.3 is 4.98 Å². The standard InChI is InChI=1S/C19H18N4/c1-13(14-6-4-3-5-7-14)18-11-21-19-17(18)8-15(9-20-19)16-10-22-23(2)12-16/h3-13H,1-2H3,(H,20,21). The van der Waals surface area contributed by atoms with Gasteiger partial charge >= 0.3 is 0 Å². The minimum atomic E-state index is 0.316. The van der Waals surface area contributed by atoms with Crippen LogP contribution in [0.1, 0.15) is 24.0 Å². The van der Waals surface area contributed by atoms with Gasteiger partial charge in [-0.25, -0.2) is 4.98 Å². The van der Waals surface area contributed by atoms with Crippen LogP contribution in [-0.2, 0) is 7.05 Å². The first-order chi connectivity index (χ1) is 11.2. The molecule has 4 rings (SSSR count). The van der Waals surface area contributed by atoms with Gasteiger partial charge in [0.2, 0.25) is 0 Å². The zero-order chi connectivity index (χ0) is 15.8. The molecule has 1 unspecified atom stereocenters. The number of nitrogens with zero attached hydrogens (tertiary/aromatic N) is 3. The number of H-pyrrole nitrogens is 1. The van der Waals surface area contributed by atoms with Crippen LogP contribution in [0, 0.1) is 0 Å². The number of hydrogen-bond donors (Lipinski definition) is 1. The molecule has 1 N–H and O–H groups in total. The van der Waals surface area contributed by atoms with E-state index >= 15 is 0 Å². The van der Waals surface area contributed by atoms with Crippen molar-refractivity contribution in [2.45, 2.75) is 12.8 Å². The summed E-state index contributed by atoms with van der Waals surface area (Å²) in [6.45, 7) is 2.23. The first-order valence-electron chi connectivity index (χ1n) is 7.73. The van der Waals surface area contributed by atoms with Crippen molar-refractivity contribution in [1.82, 2.24) is 19.7 Å². The van der Waals surface area contributed by atoms with Gasteiger partial charge in [0, 0.05) is 48.1 Å². The molecular weight excluding hydrogens is 284 g/mol. The molecule has 0 amide bonds. The normalized spacial score (nSPS) is 12.6. The molecule has 4 nitrogen and oxygen atoms in total. The van der Waals surface area contributed by atoms with Gasteiger partial charge in [-0.2, -0.15) is 5.10 Å². The molecule has 3 aromatic heterocycles. The lowest BCUT2D eigenvalue weighted by molar-refractivity contribution is 0.768. The number of nitrogens with one attached hydrogen (secondary N) is 1. The van der Waals surface area contributed by atoms with Gasteiger partial charge in [-0.05, 0) is 17.2 Å². The maximum absolute atomic E-state index is 4.57. The number of benzene rings is 1. The van der Waals surface area contributed by atoms with Crippen molar-refractivity contribution in [3.63, 3.8) is 0 Å². The van der Waals surface area contributed by atoms with Gasteiger partial charge in [0.25, 0.3) is 0 Å². The molecule has 0 aliphatic heterocycles. The third-order valence-corrected chi connectivity index (χ3v) is 4.37. The highest BCUT2D eigenvalue weighted by Crippen LogP contribution is 2.31. The number of aromatic nitrogens is 4. The molecule has 0 saturated carbocycles. The first-order valence-corrected chi connectivity index (χ1v) is 7.73. The van der Waals surface area contributed by atoms with Crippen LogP contribution in [0.5, 0.6) is 0 Å². The highest BCUT2D eigenvalue weighted by Gasteiger charge is 2.14. The van der Waals surface area contributed by atoms with Crippen LogP contribution in [-0.4, -0.2) is 19.7 Å². The molecule has 0 aliphatic carbocycles. The second kappa shape index (κ2) is 5.39. The zero-order valence-electron chi connectivity index (χ0n) is 13.2. The Bertz CT molecular complexity index is 950. The van der Waals surface area contributed by atoms with Crippen molar-refractivity contribution in [2.75, 3.05) is 0 Å². The third-order valence-electron chi connectivity index (χ3n) is 4.37. The maximum atomic E-state index is 4.57. The van der Waals surface area contributed by atoms with Crippen LogP contribution in [0.25, 0.3) is 22.2 Å². The van der Waals surface area contributed by atoms with E-state index in [9.17, 15) is 0 Å². The third kappa shape index (κ3) is 2.42. The number of fused-ring (bicyclic) bond motifs is 1. The lowest BCUT2D eigenvalue weighted by atomic mass is 9.93. The van der Waals surface area contributed by atoms with E-state index in [0.29, 0.717) is 5.92 Å². The summed E-state index contributed by atoms with van der Waals surface area (Å²) in [5.41, 5.74) is 5.67. The van der Waals surface area contributed by atoms with Gasteiger partial charge in [-0.1, -0.05) is 37.3 Å². The van der Waals surface area contributed by atoms with Crippen LogP contribution in [0.2, 0.25) is 0 Å². The van der Waals surface area contributed by atoms with Crippen molar-refractivity contribution in [1.29, 1.82) is 0 Å². The predicted octanol–water partition coefficient (Wildman–Crippen LogP) is 4.12. The number of rotatable bonds is 3. The predicted molar refractivity (Wildman–Crippen MR) is 92.3 cm³/mol. The number of hydrogen-bond acceptors (Lipinski definition) is 2. The fourth-order valence-electron chi connectivity index (χ4n) is 3.03. The highest BCUT2D eigenvalue weighted by atomic mass is 15.2. The molecule has 0 radical (unpaired) electrons. The van der Waals surface area contributed by atoms with E-state index < -0.39 is 0 Å². The Labute approximate surface area is 134 Å². The van der Waals surface area contributed by atoms with E-state index in [1.807, 2.05) is 36.4 Å². The van der Waals surface area contributed by atoms with Crippen molar-refractivity contribution in [3.8, 4) is 11.1 Å². The summed E-state index contributed by atoms with van der Waals surface area (Å²) in [7, 11) is 1.93. The van der Waals surface area contributed by atoms with E-state index in [2.05, 4.69) is 58.5 Å². The van der Waals surface area contributed by atoms with E-state index in [-0.39, 0.29) is 0 Å². The van der Waals surface area contributed by atoms with Gasteiger partial charge in [0.1, 0.15) is 5.65 Å². The van der Waals surface area contributed by atoms with Crippen LogP contribution in [0.3, 0.4) is 0 Å². The van der Waals surface area contributed by atoms with Gasteiger partial charge in [0.05, 0.1) is 6.20 Å². The zero-order valence-corrected chi connectivity index (χ0v) is 13.2. The fourth-order valence-corrected chi connectivity index (χ4v) is 3.03. The topological polar surface area (TPSA) is 46.5 Å². The van der Waals surface area contributed by atoms with Crippen LogP contribution < -0.4 is 0 Å². The largest absolute Gasteiger partial charge is 0.346 e. The summed E-state index contributed by atoms with van der Waals surface area (Å²) in [4.78, 5) is 7.86. The Balaban J connectivity index is 1.82. The Hall–Kier alpha value is -2.88. The van der Waals surface area contributed by atoms with Crippen LogP contribution >= 0.6 is 0 Å². The molecular formula is C19H18N4. The average molecular weight is 302 g/mol. The van der Waals surface area contributed by atoms with E-state index in [0.717, 1.165) is 16.8 Å². The Morgan fingerprint density at radius 2 is 1.91 bits per heavy atom. The molecule has 4 aromatic rings. The molecule has 4 heteroatoms.